The molecule has 2 nitrogen and oxygen atoms in total. The molecule has 0 aromatic carbocycles. The summed E-state index contributed by atoms with van der Waals surface area (Å²) in [7, 11) is 0. The van der Waals surface area contributed by atoms with Gasteiger partial charge >= 0.3 is 0 Å². The van der Waals surface area contributed by atoms with Crippen molar-refractivity contribution in [2.24, 2.45) is 0 Å². The number of allylic oxidation sites excluding steroid dienone is 3. The molecule has 0 heterocycles. The summed E-state index contributed by atoms with van der Waals surface area (Å²) < 4.78 is 0. The summed E-state index contributed by atoms with van der Waals surface area (Å²) in [5, 5.41) is 0. The van der Waals surface area contributed by atoms with E-state index in [9.17, 15) is 9.59 Å². The van der Waals surface area contributed by atoms with Crippen LogP contribution >= 0.6 is 0 Å². The van der Waals surface area contributed by atoms with Gasteiger partial charge in [0.15, 0.2) is 6.29 Å². The molecule has 0 spiro atoms. The Morgan fingerprint density at radius 3 is 2.57 bits per heavy atom. The van der Waals surface area contributed by atoms with E-state index in [0.717, 1.165) is 0 Å². The highest BCUT2D eigenvalue weighted by Gasteiger charge is 2.14. The van der Waals surface area contributed by atoms with E-state index in [1.165, 1.54) is 6.08 Å². The van der Waals surface area contributed by atoms with Gasteiger partial charge in [-0.2, -0.15) is 0 Å². The molecule has 1 aliphatic rings. The van der Waals surface area contributed by atoms with Gasteiger partial charge in [0.05, 0.1) is 5.57 Å². The Morgan fingerprint density at radius 2 is 2.43 bits per heavy atom. The minimum Gasteiger partial charge on any atom is -0.298 e. The topological polar surface area (TPSA) is 34.1 Å². The number of hydrogen-bond donors (Lipinski definition) is 0. The van der Waals surface area contributed by atoms with Crippen molar-refractivity contribution in [3.8, 4) is 0 Å². The van der Waals surface area contributed by atoms with E-state index >= 15 is 0 Å². The van der Waals surface area contributed by atoms with Crippen LogP contribution in [0.3, 0.4) is 0 Å². The monoisotopic (exact) mass is 94.0 g/mol. The van der Waals surface area contributed by atoms with Crippen LogP contribution in [-0.4, -0.2) is 12.2 Å². The first-order chi connectivity index (χ1) is 3.38. The molecule has 0 bridgehead atoms. The molecule has 2 heteroatoms. The minimum absolute atomic E-state index is 0.412. The zero-order chi connectivity index (χ0) is 5.28. The lowest BCUT2D eigenvalue weighted by molar-refractivity contribution is -0.104. The molecule has 0 radical (unpaired) electrons. The van der Waals surface area contributed by atoms with E-state index in [0.29, 0.717) is 17.4 Å². The third kappa shape index (κ3) is 0.506. The molecule has 0 atom stereocenters. The third-order valence-electron chi connectivity index (χ3n) is 0.764. The van der Waals surface area contributed by atoms with E-state index in [2.05, 4.69) is 0 Å². The molecule has 0 aromatic rings. The molecular formula is C5H2O2. The first-order valence-electron chi connectivity index (χ1n) is 1.81. The fraction of sp³-hybridized carbons (Fsp3) is 0. The first-order valence-corrected chi connectivity index (χ1v) is 1.81. The van der Waals surface area contributed by atoms with Gasteiger partial charge in [0.2, 0.25) is 0 Å². The molecule has 0 amide bonds. The Hall–Kier alpha value is -1.14. The zero-order valence-electron chi connectivity index (χ0n) is 3.47. The molecule has 1 aliphatic carbocycles. The standard InChI is InChI=1S/C5H2O2/c6-2-4-1-5(4)3-7/h1-2H. The lowest BCUT2D eigenvalue weighted by Crippen LogP contribution is -1.62. The number of carbonyl (C=O) groups excluding carboxylic acids is 2. The molecule has 0 unspecified atom stereocenters. The number of carbonyl (C=O) groups is 1. The Balaban J connectivity index is 2.74. The summed E-state index contributed by atoms with van der Waals surface area (Å²) in [4.78, 5) is 19.2. The van der Waals surface area contributed by atoms with Gasteiger partial charge in [-0.05, 0) is 6.08 Å². The van der Waals surface area contributed by atoms with Gasteiger partial charge in [0.25, 0.3) is 0 Å². The van der Waals surface area contributed by atoms with E-state index in [1.807, 2.05) is 0 Å². The molecule has 7 heavy (non-hydrogen) atoms. The number of hydrogen-bond acceptors (Lipinski definition) is 2. The van der Waals surface area contributed by atoms with Crippen molar-refractivity contribution < 1.29 is 9.59 Å². The van der Waals surface area contributed by atoms with Gasteiger partial charge in [0, 0.05) is 5.57 Å². The molecule has 0 N–H and O–H groups in total. The molecule has 34 valence electrons. The SMILES string of the molecule is O=C=C1C=C1C=O. The summed E-state index contributed by atoms with van der Waals surface area (Å²) in [6, 6.07) is 0. The highest BCUT2D eigenvalue weighted by molar-refractivity contribution is 5.97. The highest BCUT2D eigenvalue weighted by Crippen LogP contribution is 2.20. The van der Waals surface area contributed by atoms with Crippen LogP contribution < -0.4 is 0 Å². The number of aldehydes is 1. The quantitative estimate of drug-likeness (QED) is 0.335. The van der Waals surface area contributed by atoms with Gasteiger partial charge in [-0.1, -0.05) is 0 Å². The van der Waals surface area contributed by atoms with Crippen LogP contribution in [0.4, 0.5) is 0 Å². The molecule has 0 saturated heterocycles. The summed E-state index contributed by atoms with van der Waals surface area (Å²) >= 11 is 0. The van der Waals surface area contributed by atoms with Crippen LogP contribution in [0.25, 0.3) is 0 Å². The van der Waals surface area contributed by atoms with Crippen molar-refractivity contribution in [2.75, 3.05) is 0 Å². The van der Waals surface area contributed by atoms with Crippen LogP contribution in [0.15, 0.2) is 17.2 Å². The molecule has 0 aliphatic heterocycles. The second kappa shape index (κ2) is 1.17. The van der Waals surface area contributed by atoms with Crippen LogP contribution in [-0.2, 0) is 9.59 Å². The molecule has 0 saturated carbocycles. The second-order valence-electron chi connectivity index (χ2n) is 1.23. The van der Waals surface area contributed by atoms with Gasteiger partial charge in [0.1, 0.15) is 5.94 Å². The average molecular weight is 94.1 g/mol. The fourth-order valence-corrected chi connectivity index (χ4v) is 0.305. The molecule has 0 aromatic heterocycles. The molecular weight excluding hydrogens is 92.1 g/mol. The lowest BCUT2D eigenvalue weighted by Gasteiger charge is -1.55. The summed E-state index contributed by atoms with van der Waals surface area (Å²) in [5.41, 5.74) is 0.894. The van der Waals surface area contributed by atoms with Gasteiger partial charge in [-0.3, -0.25) is 4.79 Å². The minimum atomic E-state index is 0.412. The first kappa shape index (κ1) is 4.03. The van der Waals surface area contributed by atoms with Gasteiger partial charge in [-0.25, -0.2) is 4.79 Å². The normalized spacial score (nSPS) is 14.9. The van der Waals surface area contributed by atoms with E-state index in [-0.39, 0.29) is 0 Å². The summed E-state index contributed by atoms with van der Waals surface area (Å²) in [5.74, 6) is 1.58. The predicted octanol–water partition coefficient (Wildman–Crippen LogP) is -0.117. The van der Waals surface area contributed by atoms with Crippen LogP contribution in [0, 0.1) is 0 Å². The highest BCUT2D eigenvalue weighted by atomic mass is 16.1. The van der Waals surface area contributed by atoms with Crippen molar-refractivity contribution in [2.45, 2.75) is 0 Å². The zero-order valence-corrected chi connectivity index (χ0v) is 3.47. The van der Waals surface area contributed by atoms with Crippen LogP contribution in [0.2, 0.25) is 0 Å². The summed E-state index contributed by atoms with van der Waals surface area (Å²) in [6.45, 7) is 0. The Labute approximate surface area is 40.1 Å². The Bertz CT molecular complexity index is 182. The molecule has 0 fully saturated rings. The lowest BCUT2D eigenvalue weighted by atomic mass is 10.5. The number of rotatable bonds is 1. The van der Waals surface area contributed by atoms with Gasteiger partial charge in [-0.15, -0.1) is 0 Å². The smallest absolute Gasteiger partial charge is 0.151 e. The van der Waals surface area contributed by atoms with Crippen molar-refractivity contribution in [3.63, 3.8) is 0 Å². The van der Waals surface area contributed by atoms with Crippen molar-refractivity contribution in [1.29, 1.82) is 0 Å². The maximum absolute atomic E-state index is 9.67. The summed E-state index contributed by atoms with van der Waals surface area (Å²) in [6.07, 6.45) is 2.13. The third-order valence-corrected chi connectivity index (χ3v) is 0.764. The predicted molar refractivity (Wildman–Crippen MR) is 23.4 cm³/mol. The van der Waals surface area contributed by atoms with Crippen LogP contribution in [0.1, 0.15) is 0 Å². The van der Waals surface area contributed by atoms with Gasteiger partial charge < -0.3 is 0 Å². The maximum Gasteiger partial charge on any atom is 0.151 e. The Kier molecular flexibility index (Phi) is 0.675. The van der Waals surface area contributed by atoms with E-state index in [1.54, 1.807) is 5.94 Å². The van der Waals surface area contributed by atoms with E-state index < -0.39 is 0 Å². The average Bonchev–Trinajstić information content (AvgIpc) is 2.43. The van der Waals surface area contributed by atoms with Crippen molar-refractivity contribution >= 4 is 12.2 Å². The molecule has 1 rings (SSSR count). The fourth-order valence-electron chi connectivity index (χ4n) is 0.305. The van der Waals surface area contributed by atoms with E-state index in [4.69, 9.17) is 0 Å². The van der Waals surface area contributed by atoms with Crippen molar-refractivity contribution in [3.05, 3.63) is 17.2 Å². The second-order valence-corrected chi connectivity index (χ2v) is 1.23. The maximum atomic E-state index is 9.67. The van der Waals surface area contributed by atoms with Crippen LogP contribution in [0.5, 0.6) is 0 Å². The Morgan fingerprint density at radius 1 is 1.71 bits per heavy atom. The van der Waals surface area contributed by atoms with Crippen molar-refractivity contribution in [1.82, 2.24) is 0 Å². The largest absolute Gasteiger partial charge is 0.298 e.